The maximum Gasteiger partial charge on any atom is 0.243 e. The lowest BCUT2D eigenvalue weighted by atomic mass is 10.2. The van der Waals surface area contributed by atoms with Crippen LogP contribution in [0.2, 0.25) is 0 Å². The van der Waals surface area contributed by atoms with Gasteiger partial charge in [-0.05, 0) is 33.1 Å². The van der Waals surface area contributed by atoms with Crippen LogP contribution in [0.5, 0.6) is 0 Å². The number of aromatic nitrogens is 2. The summed E-state index contributed by atoms with van der Waals surface area (Å²) < 4.78 is 28.2. The lowest BCUT2D eigenvalue weighted by molar-refractivity contribution is 0.568. The minimum Gasteiger partial charge on any atom is -0.330 e. The molecule has 6 nitrogen and oxygen atoms in total. The highest BCUT2D eigenvalue weighted by Crippen LogP contribution is 2.20. The summed E-state index contributed by atoms with van der Waals surface area (Å²) in [5.74, 6) is 0. The number of nitrogens with two attached hydrogens (primary N) is 1. The van der Waals surface area contributed by atoms with E-state index in [1.807, 2.05) is 20.1 Å². The molecule has 1 heterocycles. The zero-order valence-electron chi connectivity index (χ0n) is 11.6. The van der Waals surface area contributed by atoms with Gasteiger partial charge in [0.15, 0.2) is 0 Å². The van der Waals surface area contributed by atoms with E-state index >= 15 is 0 Å². The maximum absolute atomic E-state index is 12.1. The summed E-state index contributed by atoms with van der Waals surface area (Å²) in [5, 5.41) is 4.02. The number of thioether (sulfide) groups is 1. The van der Waals surface area contributed by atoms with E-state index in [1.165, 1.54) is 12.4 Å². The second-order valence-electron chi connectivity index (χ2n) is 4.87. The van der Waals surface area contributed by atoms with Gasteiger partial charge in [0.1, 0.15) is 4.90 Å². The highest BCUT2D eigenvalue weighted by molar-refractivity contribution is 8.00. The summed E-state index contributed by atoms with van der Waals surface area (Å²) in [4.78, 5) is 0.196. The van der Waals surface area contributed by atoms with Crippen LogP contribution in [0.25, 0.3) is 0 Å². The summed E-state index contributed by atoms with van der Waals surface area (Å²) in [5.41, 5.74) is 5.41. The van der Waals surface area contributed by atoms with Gasteiger partial charge in [0, 0.05) is 24.0 Å². The molecular weight excluding hydrogens is 284 g/mol. The van der Waals surface area contributed by atoms with Gasteiger partial charge in [-0.1, -0.05) is 0 Å². The number of hydrogen-bond donors (Lipinski definition) is 2. The summed E-state index contributed by atoms with van der Waals surface area (Å²) in [6.45, 7) is 5.55. The third-order valence-electron chi connectivity index (χ3n) is 2.75. The first kappa shape index (κ1) is 16.5. The molecular formula is C11H22N4O2S2. The van der Waals surface area contributed by atoms with Crippen LogP contribution in [0, 0.1) is 0 Å². The van der Waals surface area contributed by atoms with Crippen LogP contribution in [-0.4, -0.2) is 42.3 Å². The Morgan fingerprint density at radius 2 is 2.21 bits per heavy atom. The molecule has 1 rings (SSSR count). The number of hydrogen-bond acceptors (Lipinski definition) is 5. The van der Waals surface area contributed by atoms with Crippen molar-refractivity contribution < 1.29 is 8.42 Å². The number of aryl methyl sites for hydroxylation is 1. The highest BCUT2D eigenvalue weighted by atomic mass is 32.2. The zero-order chi connectivity index (χ0) is 14.5. The Bertz CT molecular complexity index is 497. The van der Waals surface area contributed by atoms with Crippen molar-refractivity contribution in [3.8, 4) is 0 Å². The summed E-state index contributed by atoms with van der Waals surface area (Å²) >= 11 is 1.62. The number of rotatable bonds is 8. The molecule has 1 aromatic heterocycles. The molecule has 8 heteroatoms. The number of sulfonamides is 1. The van der Waals surface area contributed by atoms with E-state index < -0.39 is 10.0 Å². The molecule has 0 aromatic carbocycles. The minimum atomic E-state index is -3.49. The predicted molar refractivity (Wildman–Crippen MR) is 78.7 cm³/mol. The Hall–Kier alpha value is -0.570. The molecule has 0 saturated heterocycles. The van der Waals surface area contributed by atoms with Crippen molar-refractivity contribution in [2.24, 2.45) is 5.73 Å². The lowest BCUT2D eigenvalue weighted by Gasteiger charge is -2.21. The van der Waals surface area contributed by atoms with Crippen molar-refractivity contribution in [2.75, 3.05) is 19.3 Å². The molecule has 1 aromatic rings. The van der Waals surface area contributed by atoms with Crippen LogP contribution in [0.3, 0.4) is 0 Å². The van der Waals surface area contributed by atoms with Gasteiger partial charge < -0.3 is 5.73 Å². The smallest absolute Gasteiger partial charge is 0.243 e. The molecule has 3 N–H and O–H groups in total. The van der Waals surface area contributed by atoms with E-state index in [9.17, 15) is 8.42 Å². The van der Waals surface area contributed by atoms with E-state index in [1.54, 1.807) is 16.4 Å². The topological polar surface area (TPSA) is 90.0 Å². The van der Waals surface area contributed by atoms with Crippen molar-refractivity contribution in [1.82, 2.24) is 14.5 Å². The number of nitrogens with zero attached hydrogens (tertiary/aromatic N) is 2. The monoisotopic (exact) mass is 306 g/mol. The first-order valence-corrected chi connectivity index (χ1v) is 8.79. The Kier molecular flexibility index (Phi) is 5.84. The standard InChI is InChI=1S/C11H22N4O2S2/c1-11(2,18-3)9-14-19(16,17)10-7-13-15(8-10)6-4-5-12/h7-8,14H,4-6,9,12H2,1-3H3. The fourth-order valence-electron chi connectivity index (χ4n) is 1.28. The first-order chi connectivity index (χ1) is 8.80. The van der Waals surface area contributed by atoms with Gasteiger partial charge >= 0.3 is 0 Å². The van der Waals surface area contributed by atoms with Gasteiger partial charge in [0.25, 0.3) is 0 Å². The summed E-state index contributed by atoms with van der Waals surface area (Å²) in [7, 11) is -3.49. The summed E-state index contributed by atoms with van der Waals surface area (Å²) in [6, 6.07) is 0. The van der Waals surface area contributed by atoms with Crippen molar-refractivity contribution in [3.05, 3.63) is 12.4 Å². The molecule has 0 saturated carbocycles. The quantitative estimate of drug-likeness (QED) is 0.736. The van der Waals surface area contributed by atoms with Crippen LogP contribution < -0.4 is 10.5 Å². The molecule has 0 spiro atoms. The largest absolute Gasteiger partial charge is 0.330 e. The maximum atomic E-state index is 12.1. The average molecular weight is 306 g/mol. The normalized spacial score (nSPS) is 12.8. The molecule has 0 aliphatic heterocycles. The van der Waals surface area contributed by atoms with Crippen LogP contribution in [-0.2, 0) is 16.6 Å². The van der Waals surface area contributed by atoms with Crippen molar-refractivity contribution in [3.63, 3.8) is 0 Å². The third-order valence-corrected chi connectivity index (χ3v) is 5.36. The highest BCUT2D eigenvalue weighted by Gasteiger charge is 2.22. The van der Waals surface area contributed by atoms with Crippen molar-refractivity contribution >= 4 is 21.8 Å². The first-order valence-electron chi connectivity index (χ1n) is 6.08. The molecule has 0 aliphatic rings. The van der Waals surface area contributed by atoms with Gasteiger partial charge in [-0.2, -0.15) is 16.9 Å². The SMILES string of the molecule is CSC(C)(C)CNS(=O)(=O)c1cnn(CCCN)c1. The molecule has 0 unspecified atom stereocenters. The van der Waals surface area contributed by atoms with Gasteiger partial charge in [-0.25, -0.2) is 13.1 Å². The van der Waals surface area contributed by atoms with Crippen LogP contribution in [0.4, 0.5) is 0 Å². The van der Waals surface area contributed by atoms with Crippen molar-refractivity contribution in [1.29, 1.82) is 0 Å². The van der Waals surface area contributed by atoms with E-state index in [0.717, 1.165) is 6.42 Å². The molecule has 0 amide bonds. The van der Waals surface area contributed by atoms with Crippen LogP contribution in [0.15, 0.2) is 17.3 Å². The minimum absolute atomic E-state index is 0.136. The van der Waals surface area contributed by atoms with E-state index in [2.05, 4.69) is 9.82 Å². The predicted octanol–water partition coefficient (Wildman–Crippen LogP) is 0.652. The number of nitrogens with one attached hydrogen (secondary N) is 1. The summed E-state index contributed by atoms with van der Waals surface area (Å²) in [6.07, 6.45) is 5.63. The molecule has 0 bridgehead atoms. The van der Waals surface area contributed by atoms with Gasteiger partial charge in [-0.3, -0.25) is 4.68 Å². The van der Waals surface area contributed by atoms with Gasteiger partial charge in [-0.15, -0.1) is 0 Å². The van der Waals surface area contributed by atoms with Crippen LogP contribution >= 0.6 is 11.8 Å². The fourth-order valence-corrected chi connectivity index (χ4v) is 2.76. The molecule has 0 radical (unpaired) electrons. The Morgan fingerprint density at radius 3 is 2.79 bits per heavy atom. The van der Waals surface area contributed by atoms with E-state index in [0.29, 0.717) is 19.6 Å². The van der Waals surface area contributed by atoms with E-state index in [-0.39, 0.29) is 9.64 Å². The van der Waals surface area contributed by atoms with Crippen molar-refractivity contribution in [2.45, 2.75) is 36.5 Å². The average Bonchev–Trinajstić information content (AvgIpc) is 2.84. The third kappa shape index (κ3) is 5.13. The van der Waals surface area contributed by atoms with Crippen LogP contribution in [0.1, 0.15) is 20.3 Å². The Balaban J connectivity index is 2.69. The van der Waals surface area contributed by atoms with E-state index in [4.69, 9.17) is 5.73 Å². The Morgan fingerprint density at radius 1 is 1.53 bits per heavy atom. The zero-order valence-corrected chi connectivity index (χ0v) is 13.2. The fraction of sp³-hybridized carbons (Fsp3) is 0.727. The van der Waals surface area contributed by atoms with Gasteiger partial charge in [0.05, 0.1) is 6.20 Å². The lowest BCUT2D eigenvalue weighted by Crippen LogP contribution is -2.35. The Labute approximate surface area is 119 Å². The second-order valence-corrected chi connectivity index (χ2v) is 8.15. The second kappa shape index (κ2) is 6.74. The van der Waals surface area contributed by atoms with Gasteiger partial charge in [0.2, 0.25) is 10.0 Å². The molecule has 0 aliphatic carbocycles. The molecule has 110 valence electrons. The molecule has 0 fully saturated rings. The molecule has 19 heavy (non-hydrogen) atoms. The molecule has 0 atom stereocenters.